The van der Waals surface area contributed by atoms with E-state index >= 15 is 0 Å². The number of aromatic nitrogens is 2. The summed E-state index contributed by atoms with van der Waals surface area (Å²) in [5.74, 6) is 1.62. The van der Waals surface area contributed by atoms with Crippen LogP contribution in [0.4, 0.5) is 0 Å². The monoisotopic (exact) mass is 392 g/mol. The van der Waals surface area contributed by atoms with Crippen LogP contribution in [0, 0.1) is 13.8 Å². The Morgan fingerprint density at radius 2 is 1.53 bits per heavy atom. The number of nitrogens with one attached hydrogen (secondary N) is 1. The number of H-pyrrole nitrogens is 1. The molecule has 2 aromatic heterocycles. The number of fused-ring (bicyclic) bond motifs is 1. The lowest BCUT2D eigenvalue weighted by Gasteiger charge is -2.03. The molecule has 0 aliphatic carbocycles. The lowest BCUT2D eigenvalue weighted by molar-refractivity contribution is 0.505. The molecule has 0 unspecified atom stereocenters. The van der Waals surface area contributed by atoms with Crippen LogP contribution in [0.15, 0.2) is 83.4 Å². The zero-order valence-corrected chi connectivity index (χ0v) is 17.3. The summed E-state index contributed by atoms with van der Waals surface area (Å²) < 4.78 is 6.34. The summed E-state index contributed by atoms with van der Waals surface area (Å²) in [6.07, 6.45) is 3.73. The van der Waals surface area contributed by atoms with Crippen LogP contribution in [0.5, 0.6) is 0 Å². The fraction of sp³-hybridized carbons (Fsp3) is 0.148. The third kappa shape index (κ3) is 3.55. The molecule has 3 heteroatoms. The van der Waals surface area contributed by atoms with Gasteiger partial charge in [0.15, 0.2) is 11.7 Å². The van der Waals surface area contributed by atoms with E-state index in [0.29, 0.717) is 0 Å². The first kappa shape index (κ1) is 18.4. The standard InChI is InChI=1S/C27H24N2O/c1-18-7-5-9-20(15-18)26-27(21-10-6-8-19(2)16-21)30-25(29-26)14-13-22-17-28-24-12-4-3-11-23(22)24/h3-12,15-17,28H,13-14H2,1-2H3. The van der Waals surface area contributed by atoms with Gasteiger partial charge in [0.2, 0.25) is 0 Å². The number of para-hydroxylation sites is 1. The SMILES string of the molecule is Cc1cccc(-c2nc(CCc3c[nH]c4ccccc34)oc2-c2cccc(C)c2)c1. The molecular weight excluding hydrogens is 368 g/mol. The number of hydrogen-bond donors (Lipinski definition) is 1. The fourth-order valence-corrected chi connectivity index (χ4v) is 4.02. The first-order valence-corrected chi connectivity index (χ1v) is 10.4. The van der Waals surface area contributed by atoms with Gasteiger partial charge in [-0.2, -0.15) is 0 Å². The second kappa shape index (κ2) is 7.68. The Morgan fingerprint density at radius 1 is 0.800 bits per heavy atom. The van der Waals surface area contributed by atoms with Crippen molar-refractivity contribution in [3.63, 3.8) is 0 Å². The van der Waals surface area contributed by atoms with Crippen LogP contribution in [0.3, 0.4) is 0 Å². The van der Waals surface area contributed by atoms with Crippen LogP contribution in [-0.2, 0) is 12.8 Å². The summed E-state index contributed by atoms with van der Waals surface area (Å²) in [4.78, 5) is 8.28. The smallest absolute Gasteiger partial charge is 0.195 e. The van der Waals surface area contributed by atoms with E-state index in [2.05, 4.69) is 97.8 Å². The molecule has 0 saturated heterocycles. The maximum Gasteiger partial charge on any atom is 0.195 e. The number of aromatic amines is 1. The van der Waals surface area contributed by atoms with Crippen molar-refractivity contribution in [2.75, 3.05) is 0 Å². The summed E-state index contributed by atoms with van der Waals surface area (Å²) in [6, 6.07) is 25.3. The van der Waals surface area contributed by atoms with Gasteiger partial charge in [-0.15, -0.1) is 0 Å². The average Bonchev–Trinajstić information content (AvgIpc) is 3.37. The molecule has 0 saturated carbocycles. The van der Waals surface area contributed by atoms with Crippen LogP contribution in [0.25, 0.3) is 33.5 Å². The first-order chi connectivity index (χ1) is 14.7. The quantitative estimate of drug-likeness (QED) is 0.354. The van der Waals surface area contributed by atoms with E-state index in [9.17, 15) is 0 Å². The number of benzene rings is 3. The van der Waals surface area contributed by atoms with Gasteiger partial charge < -0.3 is 9.40 Å². The summed E-state index contributed by atoms with van der Waals surface area (Å²) in [6.45, 7) is 4.21. The van der Waals surface area contributed by atoms with Gasteiger partial charge in [-0.3, -0.25) is 0 Å². The molecule has 0 aliphatic heterocycles. The van der Waals surface area contributed by atoms with E-state index in [-0.39, 0.29) is 0 Å². The Bertz CT molecular complexity index is 1260. The van der Waals surface area contributed by atoms with Crippen LogP contribution in [0.1, 0.15) is 22.6 Å². The van der Waals surface area contributed by atoms with Crippen LogP contribution in [-0.4, -0.2) is 9.97 Å². The maximum atomic E-state index is 6.34. The lowest BCUT2D eigenvalue weighted by Crippen LogP contribution is -1.91. The second-order valence-electron chi connectivity index (χ2n) is 7.88. The molecule has 148 valence electrons. The molecule has 0 atom stereocenters. The molecular formula is C27H24N2O. The Hall–Kier alpha value is -3.59. The van der Waals surface area contributed by atoms with Crippen LogP contribution in [0.2, 0.25) is 0 Å². The predicted molar refractivity (Wildman–Crippen MR) is 123 cm³/mol. The highest BCUT2D eigenvalue weighted by Crippen LogP contribution is 2.34. The van der Waals surface area contributed by atoms with Crippen LogP contribution >= 0.6 is 0 Å². The highest BCUT2D eigenvalue weighted by molar-refractivity contribution is 5.83. The molecule has 0 spiro atoms. The number of nitrogens with zero attached hydrogens (tertiary/aromatic N) is 1. The Balaban J connectivity index is 1.52. The average molecular weight is 393 g/mol. The summed E-state index contributed by atoms with van der Waals surface area (Å²) in [5, 5.41) is 1.27. The number of hydrogen-bond acceptors (Lipinski definition) is 2. The van der Waals surface area contributed by atoms with E-state index in [1.807, 2.05) is 0 Å². The van der Waals surface area contributed by atoms with Crippen molar-refractivity contribution in [1.82, 2.24) is 9.97 Å². The van der Waals surface area contributed by atoms with E-state index in [4.69, 9.17) is 9.40 Å². The molecule has 2 heterocycles. The lowest BCUT2D eigenvalue weighted by atomic mass is 10.0. The van der Waals surface area contributed by atoms with Crippen molar-refractivity contribution in [3.8, 4) is 22.6 Å². The molecule has 5 aromatic rings. The fourth-order valence-electron chi connectivity index (χ4n) is 4.02. The van der Waals surface area contributed by atoms with Gasteiger partial charge >= 0.3 is 0 Å². The number of rotatable bonds is 5. The zero-order valence-electron chi connectivity index (χ0n) is 17.3. The summed E-state index contributed by atoms with van der Waals surface area (Å²) in [5.41, 5.74) is 7.95. The molecule has 0 radical (unpaired) electrons. The maximum absolute atomic E-state index is 6.34. The van der Waals surface area contributed by atoms with Gasteiger partial charge in [0.1, 0.15) is 5.69 Å². The molecule has 0 bridgehead atoms. The van der Waals surface area contributed by atoms with Crippen LogP contribution < -0.4 is 0 Å². The Kier molecular flexibility index (Phi) is 4.72. The van der Waals surface area contributed by atoms with Crippen molar-refractivity contribution in [3.05, 3.63) is 102 Å². The highest BCUT2D eigenvalue weighted by Gasteiger charge is 2.17. The molecule has 1 N–H and O–H groups in total. The highest BCUT2D eigenvalue weighted by atomic mass is 16.4. The normalized spacial score (nSPS) is 11.3. The van der Waals surface area contributed by atoms with Crippen molar-refractivity contribution in [2.24, 2.45) is 0 Å². The number of oxazole rings is 1. The third-order valence-electron chi connectivity index (χ3n) is 5.53. The van der Waals surface area contributed by atoms with Crippen molar-refractivity contribution < 1.29 is 4.42 Å². The molecule has 3 aromatic carbocycles. The van der Waals surface area contributed by atoms with E-state index in [0.717, 1.165) is 41.3 Å². The van der Waals surface area contributed by atoms with Gasteiger partial charge in [-0.25, -0.2) is 4.98 Å². The van der Waals surface area contributed by atoms with E-state index in [1.54, 1.807) is 0 Å². The molecule has 0 fully saturated rings. The topological polar surface area (TPSA) is 41.8 Å². The van der Waals surface area contributed by atoms with Gasteiger partial charge in [0, 0.05) is 34.6 Å². The number of aryl methyl sites for hydroxylation is 4. The van der Waals surface area contributed by atoms with Gasteiger partial charge in [0.05, 0.1) is 0 Å². The minimum atomic E-state index is 0.756. The molecule has 30 heavy (non-hydrogen) atoms. The summed E-state index contributed by atoms with van der Waals surface area (Å²) >= 11 is 0. The molecule has 0 aliphatic rings. The van der Waals surface area contributed by atoms with Gasteiger partial charge in [-0.1, -0.05) is 65.7 Å². The van der Waals surface area contributed by atoms with Crippen molar-refractivity contribution >= 4 is 10.9 Å². The second-order valence-corrected chi connectivity index (χ2v) is 7.88. The third-order valence-corrected chi connectivity index (χ3v) is 5.53. The molecule has 5 rings (SSSR count). The Morgan fingerprint density at radius 3 is 2.33 bits per heavy atom. The summed E-state index contributed by atoms with van der Waals surface area (Å²) in [7, 11) is 0. The largest absolute Gasteiger partial charge is 0.440 e. The predicted octanol–water partition coefficient (Wildman–Crippen LogP) is 6.89. The minimum Gasteiger partial charge on any atom is -0.440 e. The zero-order chi connectivity index (χ0) is 20.5. The Labute approximate surface area is 176 Å². The molecule has 3 nitrogen and oxygen atoms in total. The first-order valence-electron chi connectivity index (χ1n) is 10.4. The van der Waals surface area contributed by atoms with Crippen molar-refractivity contribution in [1.29, 1.82) is 0 Å². The minimum absolute atomic E-state index is 0.756. The van der Waals surface area contributed by atoms with E-state index < -0.39 is 0 Å². The van der Waals surface area contributed by atoms with Gasteiger partial charge in [0.25, 0.3) is 0 Å². The van der Waals surface area contributed by atoms with Crippen molar-refractivity contribution in [2.45, 2.75) is 26.7 Å². The van der Waals surface area contributed by atoms with E-state index in [1.165, 1.54) is 27.6 Å². The van der Waals surface area contributed by atoms with Gasteiger partial charge in [-0.05, 0) is 44.0 Å². The molecule has 0 amide bonds.